The Bertz CT molecular complexity index is 231. The Kier molecular flexibility index (Phi) is 13.1. The van der Waals surface area contributed by atoms with Gasteiger partial charge < -0.3 is 5.11 Å². The van der Waals surface area contributed by atoms with Crippen LogP contribution in [0.15, 0.2) is 12.2 Å². The molecule has 0 unspecified atom stereocenters. The molecule has 0 aromatic rings. The lowest BCUT2D eigenvalue weighted by molar-refractivity contribution is -0.137. The number of unbranched alkanes of at least 4 members (excludes halogenated alkanes) is 7. The van der Waals surface area contributed by atoms with Crippen LogP contribution < -0.4 is 0 Å². The largest absolute Gasteiger partial charge is 0.481 e. The van der Waals surface area contributed by atoms with Gasteiger partial charge in [0.2, 0.25) is 0 Å². The van der Waals surface area contributed by atoms with Crippen LogP contribution in [-0.2, 0) is 4.79 Å². The number of hydrogen-bond donors (Lipinski definition) is 1. The van der Waals surface area contributed by atoms with Gasteiger partial charge in [-0.05, 0) is 31.6 Å². The first-order chi connectivity index (χ1) is 9.13. The highest BCUT2D eigenvalue weighted by atomic mass is 16.4. The van der Waals surface area contributed by atoms with Crippen LogP contribution in [0, 0.1) is 5.92 Å². The minimum atomic E-state index is -0.689. The van der Waals surface area contributed by atoms with Crippen LogP contribution in [0.4, 0.5) is 0 Å². The fourth-order valence-corrected chi connectivity index (χ4v) is 2.13. The van der Waals surface area contributed by atoms with Gasteiger partial charge in [-0.2, -0.15) is 0 Å². The second-order valence-electron chi connectivity index (χ2n) is 5.85. The highest BCUT2D eigenvalue weighted by Gasteiger charge is 1.95. The molecule has 0 saturated heterocycles. The van der Waals surface area contributed by atoms with Crippen LogP contribution in [0.3, 0.4) is 0 Å². The normalized spacial score (nSPS) is 11.5. The van der Waals surface area contributed by atoms with E-state index in [1.54, 1.807) is 0 Å². The average molecular weight is 268 g/mol. The van der Waals surface area contributed by atoms with Crippen molar-refractivity contribution in [3.05, 3.63) is 12.2 Å². The van der Waals surface area contributed by atoms with E-state index >= 15 is 0 Å². The van der Waals surface area contributed by atoms with E-state index in [1.165, 1.54) is 44.9 Å². The fourth-order valence-electron chi connectivity index (χ4n) is 2.13. The molecule has 0 rings (SSSR count). The third-order valence-electron chi connectivity index (χ3n) is 3.33. The molecule has 0 fully saturated rings. The number of aliphatic carboxylic acids is 1. The second kappa shape index (κ2) is 13.6. The molecule has 0 atom stereocenters. The third-order valence-corrected chi connectivity index (χ3v) is 3.33. The monoisotopic (exact) mass is 268 g/mol. The maximum Gasteiger partial charge on any atom is 0.303 e. The summed E-state index contributed by atoms with van der Waals surface area (Å²) >= 11 is 0. The van der Waals surface area contributed by atoms with E-state index in [9.17, 15) is 4.79 Å². The Morgan fingerprint density at radius 2 is 1.42 bits per heavy atom. The van der Waals surface area contributed by atoms with E-state index in [1.807, 2.05) is 0 Å². The lowest BCUT2D eigenvalue weighted by Gasteiger charge is -2.03. The van der Waals surface area contributed by atoms with Gasteiger partial charge in [0, 0.05) is 6.42 Å². The number of carboxylic acids is 1. The quantitative estimate of drug-likeness (QED) is 0.350. The molecule has 2 heteroatoms. The van der Waals surface area contributed by atoms with Gasteiger partial charge in [0.25, 0.3) is 0 Å². The molecule has 0 amide bonds. The number of hydrogen-bond acceptors (Lipinski definition) is 1. The number of allylic oxidation sites excluding steroid dienone is 2. The van der Waals surface area contributed by atoms with Gasteiger partial charge in [-0.1, -0.05) is 64.5 Å². The highest BCUT2D eigenvalue weighted by molar-refractivity contribution is 5.66. The fraction of sp³-hybridized carbons (Fsp3) is 0.824. The minimum absolute atomic E-state index is 0.292. The van der Waals surface area contributed by atoms with Gasteiger partial charge in [0.15, 0.2) is 0 Å². The van der Waals surface area contributed by atoms with E-state index in [0.717, 1.165) is 25.2 Å². The van der Waals surface area contributed by atoms with Crippen molar-refractivity contribution in [3.63, 3.8) is 0 Å². The first kappa shape index (κ1) is 18.2. The first-order valence-corrected chi connectivity index (χ1v) is 7.99. The van der Waals surface area contributed by atoms with Crippen LogP contribution in [0.25, 0.3) is 0 Å². The predicted octanol–water partition coefficient (Wildman–Crippen LogP) is 5.57. The van der Waals surface area contributed by atoms with Crippen molar-refractivity contribution in [1.29, 1.82) is 0 Å². The summed E-state index contributed by atoms with van der Waals surface area (Å²) in [5, 5.41) is 8.48. The summed E-state index contributed by atoms with van der Waals surface area (Å²) < 4.78 is 0. The van der Waals surface area contributed by atoms with E-state index in [-0.39, 0.29) is 0 Å². The lowest BCUT2D eigenvalue weighted by Crippen LogP contribution is -1.92. The summed E-state index contributed by atoms with van der Waals surface area (Å²) in [7, 11) is 0. The maximum atomic E-state index is 10.3. The zero-order chi connectivity index (χ0) is 14.3. The van der Waals surface area contributed by atoms with E-state index in [2.05, 4.69) is 26.0 Å². The Balaban J connectivity index is 3.09. The number of rotatable bonds is 13. The predicted molar refractivity (Wildman–Crippen MR) is 82.4 cm³/mol. The van der Waals surface area contributed by atoms with Crippen LogP contribution in [0.5, 0.6) is 0 Å². The summed E-state index contributed by atoms with van der Waals surface area (Å²) in [5.41, 5.74) is 0. The molecule has 0 aromatic heterocycles. The molecule has 19 heavy (non-hydrogen) atoms. The van der Waals surface area contributed by atoms with Crippen LogP contribution >= 0.6 is 0 Å². The van der Waals surface area contributed by atoms with Crippen LogP contribution in [0.1, 0.15) is 84.5 Å². The SMILES string of the molecule is CC(C)CCCCCCCC/C=C/CCCC(=O)O. The summed E-state index contributed by atoms with van der Waals surface area (Å²) in [6.45, 7) is 4.59. The molecular formula is C17H32O2. The van der Waals surface area contributed by atoms with Crippen LogP contribution in [0.2, 0.25) is 0 Å². The molecule has 0 bridgehead atoms. The molecule has 1 N–H and O–H groups in total. The molecule has 0 aliphatic heterocycles. The van der Waals surface area contributed by atoms with Crippen molar-refractivity contribution in [2.75, 3.05) is 0 Å². The lowest BCUT2D eigenvalue weighted by atomic mass is 10.0. The third kappa shape index (κ3) is 17.2. The van der Waals surface area contributed by atoms with Gasteiger partial charge in [-0.25, -0.2) is 0 Å². The van der Waals surface area contributed by atoms with E-state index in [0.29, 0.717) is 6.42 Å². The van der Waals surface area contributed by atoms with E-state index in [4.69, 9.17) is 5.11 Å². The molecule has 0 aromatic carbocycles. The molecule has 0 spiro atoms. The standard InChI is InChI=1S/C17H32O2/c1-16(2)14-12-10-8-6-4-3-5-7-9-11-13-15-17(18)19/h7,9,16H,3-6,8,10-15H2,1-2H3,(H,18,19)/b9-7+. The molecule has 2 nitrogen and oxygen atoms in total. The average Bonchev–Trinajstić information content (AvgIpc) is 2.34. The van der Waals surface area contributed by atoms with Gasteiger partial charge in [-0.15, -0.1) is 0 Å². The molecule has 0 heterocycles. The van der Waals surface area contributed by atoms with Crippen molar-refractivity contribution in [1.82, 2.24) is 0 Å². The van der Waals surface area contributed by atoms with Crippen molar-refractivity contribution in [2.45, 2.75) is 84.5 Å². The van der Waals surface area contributed by atoms with E-state index < -0.39 is 5.97 Å². The molecule has 0 aliphatic carbocycles. The molecule has 0 aliphatic rings. The summed E-state index contributed by atoms with van der Waals surface area (Å²) in [6, 6.07) is 0. The van der Waals surface area contributed by atoms with Crippen molar-refractivity contribution in [3.8, 4) is 0 Å². The Hall–Kier alpha value is -0.790. The van der Waals surface area contributed by atoms with Crippen molar-refractivity contribution < 1.29 is 9.90 Å². The van der Waals surface area contributed by atoms with Crippen molar-refractivity contribution >= 4 is 5.97 Å². The zero-order valence-corrected chi connectivity index (χ0v) is 12.9. The Morgan fingerprint density at radius 1 is 0.895 bits per heavy atom. The van der Waals surface area contributed by atoms with Gasteiger partial charge in [0.1, 0.15) is 0 Å². The minimum Gasteiger partial charge on any atom is -0.481 e. The second-order valence-corrected chi connectivity index (χ2v) is 5.85. The first-order valence-electron chi connectivity index (χ1n) is 7.99. The van der Waals surface area contributed by atoms with Gasteiger partial charge >= 0.3 is 5.97 Å². The zero-order valence-electron chi connectivity index (χ0n) is 12.9. The Labute approximate surface area is 119 Å². The molecule has 0 radical (unpaired) electrons. The summed E-state index contributed by atoms with van der Waals surface area (Å²) in [5.74, 6) is 0.164. The highest BCUT2D eigenvalue weighted by Crippen LogP contribution is 2.12. The Morgan fingerprint density at radius 3 is 2.00 bits per heavy atom. The summed E-state index contributed by atoms with van der Waals surface area (Å²) in [4.78, 5) is 10.3. The number of carbonyl (C=O) groups is 1. The molecular weight excluding hydrogens is 236 g/mol. The molecule has 112 valence electrons. The van der Waals surface area contributed by atoms with Gasteiger partial charge in [0.05, 0.1) is 0 Å². The number of carboxylic acid groups (broad SMARTS) is 1. The maximum absolute atomic E-state index is 10.3. The smallest absolute Gasteiger partial charge is 0.303 e. The van der Waals surface area contributed by atoms with Crippen molar-refractivity contribution in [2.24, 2.45) is 5.92 Å². The van der Waals surface area contributed by atoms with Crippen LogP contribution in [-0.4, -0.2) is 11.1 Å². The van der Waals surface area contributed by atoms with Gasteiger partial charge in [-0.3, -0.25) is 4.79 Å². The topological polar surface area (TPSA) is 37.3 Å². The summed E-state index contributed by atoms with van der Waals surface area (Å²) in [6.07, 6.45) is 17.0. The molecule has 0 saturated carbocycles.